The van der Waals surface area contributed by atoms with Gasteiger partial charge in [0.05, 0.1) is 6.54 Å². The summed E-state index contributed by atoms with van der Waals surface area (Å²) in [7, 11) is 1.64. The minimum atomic E-state index is -0.551. The highest BCUT2D eigenvalue weighted by atomic mass is 19.1. The van der Waals surface area contributed by atoms with Crippen molar-refractivity contribution in [2.75, 3.05) is 26.7 Å². The highest BCUT2D eigenvalue weighted by molar-refractivity contribution is 5.79. The van der Waals surface area contributed by atoms with E-state index in [0.29, 0.717) is 25.6 Å². The number of benzene rings is 1. The Morgan fingerprint density at radius 3 is 2.58 bits per heavy atom. The van der Waals surface area contributed by atoms with E-state index in [1.165, 1.54) is 4.90 Å². The summed E-state index contributed by atoms with van der Waals surface area (Å²) >= 11 is 0. The van der Waals surface area contributed by atoms with E-state index in [2.05, 4.69) is 15.6 Å². The second kappa shape index (κ2) is 9.94. The number of halogens is 2. The van der Waals surface area contributed by atoms with E-state index < -0.39 is 23.3 Å². The summed E-state index contributed by atoms with van der Waals surface area (Å²) in [5, 5.41) is 6.06. The van der Waals surface area contributed by atoms with Crippen LogP contribution in [0.25, 0.3) is 0 Å². The first kappa shape index (κ1) is 21.7. The van der Waals surface area contributed by atoms with E-state index in [0.717, 1.165) is 18.2 Å². The number of aliphatic imine (C=N–C) groups is 1. The summed E-state index contributed by atoms with van der Waals surface area (Å²) in [6, 6.07) is 3.27. The average Bonchev–Trinajstić information content (AvgIpc) is 2.53. The van der Waals surface area contributed by atoms with E-state index in [-0.39, 0.29) is 12.1 Å². The van der Waals surface area contributed by atoms with Gasteiger partial charge >= 0.3 is 6.09 Å². The molecular formula is C18H28F2N4O2. The zero-order valence-corrected chi connectivity index (χ0v) is 16.0. The van der Waals surface area contributed by atoms with Gasteiger partial charge in [0.2, 0.25) is 0 Å². The van der Waals surface area contributed by atoms with Gasteiger partial charge in [-0.3, -0.25) is 0 Å². The third-order valence-electron chi connectivity index (χ3n) is 3.20. The van der Waals surface area contributed by atoms with Crippen LogP contribution in [0.15, 0.2) is 23.2 Å². The van der Waals surface area contributed by atoms with E-state index in [9.17, 15) is 13.6 Å². The summed E-state index contributed by atoms with van der Waals surface area (Å²) in [5.74, 6) is -0.557. The summed E-state index contributed by atoms with van der Waals surface area (Å²) < 4.78 is 32.1. The van der Waals surface area contributed by atoms with Gasteiger partial charge in [0.25, 0.3) is 0 Å². The van der Waals surface area contributed by atoms with Crippen LogP contribution in [-0.4, -0.2) is 49.2 Å². The number of nitrogens with one attached hydrogen (secondary N) is 2. The van der Waals surface area contributed by atoms with Gasteiger partial charge in [0.15, 0.2) is 5.96 Å². The molecular weight excluding hydrogens is 342 g/mol. The van der Waals surface area contributed by atoms with Gasteiger partial charge in [-0.15, -0.1) is 0 Å². The highest BCUT2D eigenvalue weighted by Gasteiger charge is 2.19. The fourth-order valence-electron chi connectivity index (χ4n) is 1.94. The van der Waals surface area contributed by atoms with Crippen molar-refractivity contribution in [3.63, 3.8) is 0 Å². The molecule has 1 rings (SSSR count). The lowest BCUT2D eigenvalue weighted by Crippen LogP contribution is -2.43. The lowest BCUT2D eigenvalue weighted by atomic mass is 10.2. The van der Waals surface area contributed by atoms with Gasteiger partial charge in [0, 0.05) is 32.2 Å². The van der Waals surface area contributed by atoms with Gasteiger partial charge in [0.1, 0.15) is 17.2 Å². The van der Waals surface area contributed by atoms with Crippen LogP contribution in [0.3, 0.4) is 0 Å². The van der Waals surface area contributed by atoms with Crippen LogP contribution in [0.1, 0.15) is 33.3 Å². The lowest BCUT2D eigenvalue weighted by molar-refractivity contribution is 0.0302. The van der Waals surface area contributed by atoms with Crippen molar-refractivity contribution in [2.24, 2.45) is 4.99 Å². The number of guanidine groups is 1. The second-order valence-corrected chi connectivity index (χ2v) is 6.76. The Balaban J connectivity index is 2.57. The van der Waals surface area contributed by atoms with E-state index >= 15 is 0 Å². The molecule has 0 radical (unpaired) electrons. The molecule has 0 saturated heterocycles. The Morgan fingerprint density at radius 1 is 1.27 bits per heavy atom. The number of rotatable bonds is 6. The molecule has 0 saturated carbocycles. The number of amides is 1. The topological polar surface area (TPSA) is 66.0 Å². The highest BCUT2D eigenvalue weighted by Crippen LogP contribution is 2.11. The van der Waals surface area contributed by atoms with Gasteiger partial charge in [-0.05, 0) is 45.9 Å². The molecule has 0 aliphatic rings. The fourth-order valence-corrected chi connectivity index (χ4v) is 1.94. The molecule has 0 aliphatic heterocycles. The maximum atomic E-state index is 13.7. The molecule has 0 fully saturated rings. The van der Waals surface area contributed by atoms with Gasteiger partial charge in [-0.2, -0.15) is 0 Å². The first-order valence-electron chi connectivity index (χ1n) is 8.52. The first-order chi connectivity index (χ1) is 12.1. The number of ether oxygens (including phenoxy) is 1. The average molecular weight is 370 g/mol. The fraction of sp³-hybridized carbons (Fsp3) is 0.556. The predicted molar refractivity (Wildman–Crippen MR) is 98.0 cm³/mol. The van der Waals surface area contributed by atoms with Crippen molar-refractivity contribution in [3.05, 3.63) is 35.4 Å². The maximum absolute atomic E-state index is 13.7. The number of carbonyl (C=O) groups excluding carboxylic acids is 1. The largest absolute Gasteiger partial charge is 0.444 e. The first-order valence-corrected chi connectivity index (χ1v) is 8.52. The molecule has 0 bridgehead atoms. The van der Waals surface area contributed by atoms with Crippen molar-refractivity contribution < 1.29 is 18.3 Å². The van der Waals surface area contributed by atoms with Crippen LogP contribution in [0, 0.1) is 11.6 Å². The number of hydrogen-bond acceptors (Lipinski definition) is 3. The molecule has 0 heterocycles. The van der Waals surface area contributed by atoms with E-state index in [4.69, 9.17) is 4.74 Å². The van der Waals surface area contributed by atoms with Crippen LogP contribution >= 0.6 is 0 Å². The Labute approximate surface area is 153 Å². The molecule has 2 N–H and O–H groups in total. The lowest BCUT2D eigenvalue weighted by Gasteiger charge is -2.24. The van der Waals surface area contributed by atoms with Crippen LogP contribution < -0.4 is 10.6 Å². The standard InChI is InChI=1S/C18H28F2N4O2/c1-6-21-16(23-12-13-11-14(19)7-8-15(13)20)22-9-10-24(5)17(25)26-18(2,3)4/h7-8,11H,6,9-10,12H2,1-5H3,(H2,21,22,23). The minimum Gasteiger partial charge on any atom is -0.444 e. The van der Waals surface area contributed by atoms with E-state index in [1.807, 2.05) is 6.92 Å². The number of nitrogens with zero attached hydrogens (tertiary/aromatic N) is 2. The van der Waals surface area contributed by atoms with Crippen LogP contribution in [-0.2, 0) is 11.3 Å². The predicted octanol–water partition coefficient (Wildman–Crippen LogP) is 2.89. The molecule has 0 aromatic heterocycles. The normalized spacial score (nSPS) is 11.9. The Bertz CT molecular complexity index is 630. The maximum Gasteiger partial charge on any atom is 0.410 e. The minimum absolute atomic E-state index is 0.000825. The molecule has 0 unspecified atom stereocenters. The molecule has 1 aromatic carbocycles. The summed E-state index contributed by atoms with van der Waals surface area (Å²) in [5.41, 5.74) is -0.377. The number of likely N-dealkylation sites (N-methyl/N-ethyl adjacent to an activating group) is 1. The molecule has 1 aromatic rings. The Kier molecular flexibility index (Phi) is 8.28. The van der Waals surface area contributed by atoms with Crippen LogP contribution in [0.5, 0.6) is 0 Å². The third-order valence-corrected chi connectivity index (χ3v) is 3.20. The van der Waals surface area contributed by atoms with Gasteiger partial charge in [-0.25, -0.2) is 18.6 Å². The number of hydrogen-bond donors (Lipinski definition) is 2. The molecule has 6 nitrogen and oxygen atoms in total. The molecule has 146 valence electrons. The summed E-state index contributed by atoms with van der Waals surface area (Å²) in [6.45, 7) is 8.74. The summed E-state index contributed by atoms with van der Waals surface area (Å²) in [6.07, 6.45) is -0.414. The molecule has 26 heavy (non-hydrogen) atoms. The Morgan fingerprint density at radius 2 is 1.96 bits per heavy atom. The molecule has 1 amide bonds. The van der Waals surface area contributed by atoms with Gasteiger partial charge < -0.3 is 20.3 Å². The van der Waals surface area contributed by atoms with Crippen molar-refractivity contribution in [3.8, 4) is 0 Å². The van der Waals surface area contributed by atoms with Crippen LogP contribution in [0.2, 0.25) is 0 Å². The second-order valence-electron chi connectivity index (χ2n) is 6.76. The third kappa shape index (κ3) is 8.13. The monoisotopic (exact) mass is 370 g/mol. The van der Waals surface area contributed by atoms with Crippen molar-refractivity contribution in [1.82, 2.24) is 15.5 Å². The van der Waals surface area contributed by atoms with Crippen molar-refractivity contribution in [2.45, 2.75) is 39.8 Å². The van der Waals surface area contributed by atoms with E-state index in [1.54, 1.807) is 27.8 Å². The van der Waals surface area contributed by atoms with Gasteiger partial charge in [-0.1, -0.05) is 0 Å². The smallest absolute Gasteiger partial charge is 0.410 e. The molecule has 0 spiro atoms. The molecule has 0 atom stereocenters. The SMILES string of the molecule is CCNC(=NCc1cc(F)ccc1F)NCCN(C)C(=O)OC(C)(C)C. The molecule has 0 aliphatic carbocycles. The zero-order chi connectivity index (χ0) is 19.7. The van der Waals surface area contributed by atoms with Crippen molar-refractivity contribution >= 4 is 12.1 Å². The quantitative estimate of drug-likeness (QED) is 0.597. The van der Waals surface area contributed by atoms with Crippen molar-refractivity contribution in [1.29, 1.82) is 0 Å². The van der Waals surface area contributed by atoms with Crippen LogP contribution in [0.4, 0.5) is 13.6 Å². The summed E-state index contributed by atoms with van der Waals surface area (Å²) in [4.78, 5) is 17.6. The molecule has 8 heteroatoms. The zero-order valence-electron chi connectivity index (χ0n) is 16.0. The number of carbonyl (C=O) groups is 1. The Hall–Kier alpha value is -2.38.